The summed E-state index contributed by atoms with van der Waals surface area (Å²) >= 11 is 6.10. The zero-order chi connectivity index (χ0) is 13.8. The van der Waals surface area contributed by atoms with Gasteiger partial charge >= 0.3 is 0 Å². The fourth-order valence-corrected chi connectivity index (χ4v) is 3.08. The van der Waals surface area contributed by atoms with Gasteiger partial charge < -0.3 is 0 Å². The quantitative estimate of drug-likeness (QED) is 0.649. The van der Waals surface area contributed by atoms with E-state index in [-0.39, 0.29) is 10.8 Å². The molecule has 1 unspecified atom stereocenters. The second-order valence-electron chi connectivity index (χ2n) is 6.08. The smallest absolute Gasteiger partial charge is 0.0630 e. The van der Waals surface area contributed by atoms with Crippen LogP contribution in [0.4, 0.5) is 0 Å². The average molecular weight is 271 g/mol. The van der Waals surface area contributed by atoms with Gasteiger partial charge in [-0.1, -0.05) is 27.7 Å². The molecule has 0 saturated carbocycles. The van der Waals surface area contributed by atoms with Gasteiger partial charge in [-0.05, 0) is 44.1 Å². The van der Waals surface area contributed by atoms with E-state index in [4.69, 9.17) is 16.7 Å². The van der Waals surface area contributed by atoms with Crippen molar-refractivity contribution in [1.29, 1.82) is 0 Å². The molecule has 0 saturated heterocycles. The number of nitrogens with zero attached hydrogens (tertiary/aromatic N) is 2. The van der Waals surface area contributed by atoms with Crippen LogP contribution in [0, 0.1) is 5.41 Å². The topological polar surface area (TPSA) is 17.8 Å². The number of hydrogen-bond acceptors (Lipinski definition) is 1. The van der Waals surface area contributed by atoms with Crippen LogP contribution in [0.15, 0.2) is 12.3 Å². The average Bonchev–Trinajstić information content (AvgIpc) is 2.65. The minimum Gasteiger partial charge on any atom is -0.269 e. The molecule has 0 bridgehead atoms. The summed E-state index contributed by atoms with van der Waals surface area (Å²) < 4.78 is 2.12. The first-order valence-electron chi connectivity index (χ1n) is 7.06. The van der Waals surface area contributed by atoms with Crippen molar-refractivity contribution >= 4 is 11.6 Å². The predicted octanol–water partition coefficient (Wildman–Crippen LogP) is 4.83. The molecular weight excluding hydrogens is 244 g/mol. The molecule has 3 heteroatoms. The zero-order valence-corrected chi connectivity index (χ0v) is 13.2. The van der Waals surface area contributed by atoms with Gasteiger partial charge in [-0.15, -0.1) is 11.6 Å². The molecule has 0 amide bonds. The van der Waals surface area contributed by atoms with Crippen LogP contribution in [0.5, 0.6) is 0 Å². The Hall–Kier alpha value is -0.500. The third-order valence-electron chi connectivity index (χ3n) is 3.47. The van der Waals surface area contributed by atoms with Crippen LogP contribution in [0.25, 0.3) is 0 Å². The molecule has 1 rings (SSSR count). The number of alkyl halides is 1. The number of aromatic nitrogens is 2. The van der Waals surface area contributed by atoms with Gasteiger partial charge in [0.15, 0.2) is 0 Å². The summed E-state index contributed by atoms with van der Waals surface area (Å²) in [5.74, 6) is 0. The second kappa shape index (κ2) is 6.60. The molecule has 2 nitrogen and oxygen atoms in total. The molecule has 1 aromatic heterocycles. The predicted molar refractivity (Wildman–Crippen MR) is 79.3 cm³/mol. The molecule has 0 aromatic carbocycles. The summed E-state index contributed by atoms with van der Waals surface area (Å²) in [5.41, 5.74) is 1.40. The Labute approximate surface area is 117 Å². The highest BCUT2D eigenvalue weighted by Crippen LogP contribution is 2.29. The van der Waals surface area contributed by atoms with Crippen molar-refractivity contribution in [2.24, 2.45) is 5.41 Å². The van der Waals surface area contributed by atoms with Crippen molar-refractivity contribution in [2.75, 3.05) is 0 Å². The molecule has 0 radical (unpaired) electrons. The summed E-state index contributed by atoms with van der Waals surface area (Å²) in [6, 6.07) is 2.69. The van der Waals surface area contributed by atoms with Crippen LogP contribution in [0.1, 0.15) is 65.6 Å². The van der Waals surface area contributed by atoms with Gasteiger partial charge in [0, 0.05) is 11.6 Å². The van der Waals surface area contributed by atoms with E-state index in [1.165, 1.54) is 5.69 Å². The van der Waals surface area contributed by atoms with Gasteiger partial charge in [0.2, 0.25) is 0 Å². The summed E-state index contributed by atoms with van der Waals surface area (Å²) in [5, 5.41) is 4.94. The van der Waals surface area contributed by atoms with E-state index in [1.807, 2.05) is 0 Å². The van der Waals surface area contributed by atoms with Crippen LogP contribution in [-0.2, 0) is 6.42 Å². The standard InChI is InChI=1S/C15H27ClN2/c1-6-14(7-2)18-9-8-13(17-18)11-15(4,5)10-12(3)16/h8-9,12,14H,6-7,10-11H2,1-5H3. The van der Waals surface area contributed by atoms with Crippen LogP contribution < -0.4 is 0 Å². The lowest BCUT2D eigenvalue weighted by Gasteiger charge is -2.24. The Bertz CT molecular complexity index is 351. The maximum atomic E-state index is 6.10. The van der Waals surface area contributed by atoms with E-state index >= 15 is 0 Å². The molecule has 0 fully saturated rings. The molecule has 0 spiro atoms. The van der Waals surface area contributed by atoms with E-state index in [9.17, 15) is 0 Å². The molecule has 0 aliphatic heterocycles. The highest BCUT2D eigenvalue weighted by Gasteiger charge is 2.22. The Morgan fingerprint density at radius 1 is 1.33 bits per heavy atom. The number of hydrogen-bond donors (Lipinski definition) is 0. The first kappa shape index (κ1) is 15.6. The molecule has 104 valence electrons. The molecule has 18 heavy (non-hydrogen) atoms. The Balaban J connectivity index is 2.69. The summed E-state index contributed by atoms with van der Waals surface area (Å²) in [6.07, 6.45) is 6.41. The fraction of sp³-hybridized carbons (Fsp3) is 0.800. The van der Waals surface area contributed by atoms with Crippen molar-refractivity contribution in [3.63, 3.8) is 0 Å². The van der Waals surface area contributed by atoms with Gasteiger partial charge in [-0.2, -0.15) is 5.10 Å². The highest BCUT2D eigenvalue weighted by molar-refractivity contribution is 6.20. The van der Waals surface area contributed by atoms with Crippen molar-refractivity contribution < 1.29 is 0 Å². The van der Waals surface area contributed by atoms with Crippen molar-refractivity contribution in [3.05, 3.63) is 18.0 Å². The van der Waals surface area contributed by atoms with Crippen LogP contribution in [-0.4, -0.2) is 15.2 Å². The minimum absolute atomic E-state index is 0.217. The van der Waals surface area contributed by atoms with E-state index < -0.39 is 0 Å². The van der Waals surface area contributed by atoms with Gasteiger partial charge in [-0.3, -0.25) is 4.68 Å². The number of halogens is 1. The molecule has 1 atom stereocenters. The lowest BCUT2D eigenvalue weighted by Crippen LogP contribution is -2.19. The first-order chi connectivity index (χ1) is 8.38. The SMILES string of the molecule is CCC(CC)n1ccc(CC(C)(C)CC(C)Cl)n1. The van der Waals surface area contributed by atoms with Crippen molar-refractivity contribution in [2.45, 2.75) is 71.7 Å². The molecule has 0 N–H and O–H groups in total. The lowest BCUT2D eigenvalue weighted by molar-refractivity contribution is 0.324. The fourth-order valence-electron chi connectivity index (χ4n) is 2.66. The normalized spacial score (nSPS) is 14.2. The van der Waals surface area contributed by atoms with E-state index in [0.29, 0.717) is 6.04 Å². The van der Waals surface area contributed by atoms with Crippen LogP contribution in [0.3, 0.4) is 0 Å². The van der Waals surface area contributed by atoms with Gasteiger partial charge in [0.05, 0.1) is 11.7 Å². The number of rotatable bonds is 7. The Morgan fingerprint density at radius 2 is 1.94 bits per heavy atom. The van der Waals surface area contributed by atoms with Crippen LogP contribution >= 0.6 is 11.6 Å². The highest BCUT2D eigenvalue weighted by atomic mass is 35.5. The summed E-state index contributed by atoms with van der Waals surface area (Å²) in [6.45, 7) is 11.0. The molecule has 0 aliphatic rings. The molecule has 0 aliphatic carbocycles. The Kier molecular flexibility index (Phi) is 5.71. The maximum Gasteiger partial charge on any atom is 0.0630 e. The summed E-state index contributed by atoms with van der Waals surface area (Å²) in [7, 11) is 0. The summed E-state index contributed by atoms with van der Waals surface area (Å²) in [4.78, 5) is 0. The van der Waals surface area contributed by atoms with E-state index in [2.05, 4.69) is 51.6 Å². The lowest BCUT2D eigenvalue weighted by atomic mass is 9.83. The third kappa shape index (κ3) is 4.64. The second-order valence-corrected chi connectivity index (χ2v) is 6.83. The van der Waals surface area contributed by atoms with E-state index in [1.54, 1.807) is 0 Å². The molecular formula is C15H27ClN2. The van der Waals surface area contributed by atoms with Gasteiger partial charge in [-0.25, -0.2) is 0 Å². The zero-order valence-electron chi connectivity index (χ0n) is 12.4. The third-order valence-corrected chi connectivity index (χ3v) is 3.63. The first-order valence-corrected chi connectivity index (χ1v) is 7.49. The van der Waals surface area contributed by atoms with Crippen molar-refractivity contribution in [1.82, 2.24) is 9.78 Å². The largest absolute Gasteiger partial charge is 0.269 e. The van der Waals surface area contributed by atoms with Crippen molar-refractivity contribution in [3.8, 4) is 0 Å². The molecule has 1 aromatic rings. The van der Waals surface area contributed by atoms with Gasteiger partial charge in [0.25, 0.3) is 0 Å². The molecule has 1 heterocycles. The monoisotopic (exact) mass is 270 g/mol. The van der Waals surface area contributed by atoms with Crippen LogP contribution in [0.2, 0.25) is 0 Å². The Morgan fingerprint density at radius 3 is 2.44 bits per heavy atom. The van der Waals surface area contributed by atoms with E-state index in [0.717, 1.165) is 25.7 Å². The van der Waals surface area contributed by atoms with Gasteiger partial charge in [0.1, 0.15) is 0 Å². The maximum absolute atomic E-state index is 6.10. The minimum atomic E-state index is 0.217.